The highest BCUT2D eigenvalue weighted by atomic mass is 35.5. The van der Waals surface area contributed by atoms with Crippen molar-refractivity contribution in [2.75, 3.05) is 11.9 Å². The summed E-state index contributed by atoms with van der Waals surface area (Å²) in [6, 6.07) is 6.38. The zero-order valence-corrected chi connectivity index (χ0v) is 12.7. The van der Waals surface area contributed by atoms with E-state index in [4.69, 9.17) is 23.2 Å². The molecule has 1 aromatic carbocycles. The summed E-state index contributed by atoms with van der Waals surface area (Å²) in [6.45, 7) is 2.57. The van der Waals surface area contributed by atoms with Gasteiger partial charge < -0.3 is 5.32 Å². The molecule has 0 radical (unpaired) electrons. The Balaban J connectivity index is 2.29. The first-order valence-corrected chi connectivity index (χ1v) is 7.24. The van der Waals surface area contributed by atoms with Crippen LogP contribution in [-0.2, 0) is 0 Å². The van der Waals surface area contributed by atoms with Crippen molar-refractivity contribution in [2.24, 2.45) is 4.99 Å². The molecule has 0 spiro atoms. The van der Waals surface area contributed by atoms with Crippen LogP contribution in [0.15, 0.2) is 35.5 Å². The monoisotopic (exact) mass is 323 g/mol. The van der Waals surface area contributed by atoms with Crippen LogP contribution < -0.4 is 5.32 Å². The maximum absolute atomic E-state index is 14.1. The first-order valence-electron chi connectivity index (χ1n) is 6.49. The van der Waals surface area contributed by atoms with Crippen molar-refractivity contribution < 1.29 is 4.39 Å². The van der Waals surface area contributed by atoms with Gasteiger partial charge >= 0.3 is 0 Å². The molecule has 3 rings (SSSR count). The number of nitrogens with one attached hydrogen (secondary N) is 1. The molecule has 0 amide bonds. The number of pyridine rings is 1. The van der Waals surface area contributed by atoms with Gasteiger partial charge in [0.15, 0.2) is 5.82 Å². The Kier molecular flexibility index (Phi) is 3.83. The first-order chi connectivity index (χ1) is 10.1. The average Bonchev–Trinajstić information content (AvgIpc) is 2.63. The van der Waals surface area contributed by atoms with E-state index in [1.54, 1.807) is 6.07 Å². The molecule has 108 valence electrons. The molecule has 3 nitrogen and oxygen atoms in total. The van der Waals surface area contributed by atoms with Gasteiger partial charge in [0.05, 0.1) is 21.8 Å². The number of hydrogen-bond acceptors (Lipinski definition) is 3. The summed E-state index contributed by atoms with van der Waals surface area (Å²) in [5.41, 5.74) is 1.97. The Morgan fingerprint density at radius 1 is 1.29 bits per heavy atom. The van der Waals surface area contributed by atoms with Crippen LogP contribution in [0.1, 0.15) is 18.2 Å². The fraction of sp³-hybridized carbons (Fsp3) is 0.200. The van der Waals surface area contributed by atoms with Crippen molar-refractivity contribution >= 4 is 34.6 Å². The van der Waals surface area contributed by atoms with E-state index in [1.807, 2.05) is 13.0 Å². The van der Waals surface area contributed by atoms with Crippen LogP contribution in [0.25, 0.3) is 0 Å². The van der Waals surface area contributed by atoms with Crippen LogP contribution in [0, 0.1) is 5.82 Å². The minimum absolute atomic E-state index is 0.0383. The van der Waals surface area contributed by atoms with Crippen molar-refractivity contribution in [3.63, 3.8) is 0 Å². The van der Waals surface area contributed by atoms with Crippen molar-refractivity contribution in [3.8, 4) is 0 Å². The summed E-state index contributed by atoms with van der Waals surface area (Å²) >= 11 is 12.4. The molecule has 6 heteroatoms. The Labute approximate surface area is 131 Å². The van der Waals surface area contributed by atoms with Gasteiger partial charge in [-0.05, 0) is 31.2 Å². The molecule has 1 N–H and O–H groups in total. The number of benzodiazepines with no additional fused rings is 1. The fourth-order valence-corrected chi connectivity index (χ4v) is 2.67. The minimum Gasteiger partial charge on any atom is -0.382 e. The lowest BCUT2D eigenvalue weighted by atomic mass is 10.0. The Morgan fingerprint density at radius 3 is 2.86 bits per heavy atom. The minimum atomic E-state index is -0.438. The number of nitrogens with zero attached hydrogens (tertiary/aromatic N) is 2. The van der Waals surface area contributed by atoms with Gasteiger partial charge in [0, 0.05) is 24.0 Å². The molecule has 0 bridgehead atoms. The zero-order chi connectivity index (χ0) is 15.0. The third-order valence-electron chi connectivity index (χ3n) is 3.25. The van der Waals surface area contributed by atoms with Crippen LogP contribution in [0.3, 0.4) is 0 Å². The molecule has 0 saturated heterocycles. The lowest BCUT2D eigenvalue weighted by molar-refractivity contribution is 0.618. The van der Waals surface area contributed by atoms with E-state index < -0.39 is 5.82 Å². The van der Waals surface area contributed by atoms with Crippen LogP contribution in [-0.4, -0.2) is 23.3 Å². The van der Waals surface area contributed by atoms with Crippen LogP contribution in [0.2, 0.25) is 10.0 Å². The highest BCUT2D eigenvalue weighted by Gasteiger charge is 2.24. The van der Waals surface area contributed by atoms with Crippen molar-refractivity contribution in [1.29, 1.82) is 0 Å². The largest absolute Gasteiger partial charge is 0.382 e. The van der Waals surface area contributed by atoms with Gasteiger partial charge in [0.2, 0.25) is 0 Å². The number of rotatable bonds is 1. The molecule has 1 aliphatic heterocycles. The topological polar surface area (TPSA) is 37.3 Å². The third kappa shape index (κ3) is 2.61. The summed E-state index contributed by atoms with van der Waals surface area (Å²) in [7, 11) is 0. The molecule has 0 fully saturated rings. The molecular weight excluding hydrogens is 312 g/mol. The average molecular weight is 324 g/mol. The molecule has 1 aliphatic rings. The molecule has 0 saturated carbocycles. The highest BCUT2D eigenvalue weighted by molar-refractivity contribution is 6.45. The van der Waals surface area contributed by atoms with Gasteiger partial charge in [0.25, 0.3) is 0 Å². The number of hydrogen-bond donors (Lipinski definition) is 1. The molecule has 2 heterocycles. The van der Waals surface area contributed by atoms with Crippen molar-refractivity contribution in [2.45, 2.75) is 13.0 Å². The van der Waals surface area contributed by atoms with E-state index in [0.29, 0.717) is 27.9 Å². The standard InChI is InChI=1S/C15H12Cl2FN3/c1-8-7-20-11-5-4-9(16)13(17)12(11)15(21-8)14-10(18)3-2-6-19-14/h2-6,8,20H,7H2,1H3/t8-/m0/s1. The number of halogens is 3. The number of anilines is 1. The second kappa shape index (κ2) is 5.62. The highest BCUT2D eigenvalue weighted by Crippen LogP contribution is 2.35. The van der Waals surface area contributed by atoms with Gasteiger partial charge in [-0.25, -0.2) is 4.39 Å². The second-order valence-electron chi connectivity index (χ2n) is 4.83. The van der Waals surface area contributed by atoms with E-state index in [9.17, 15) is 4.39 Å². The Hall–Kier alpha value is -1.65. The van der Waals surface area contributed by atoms with E-state index in [0.717, 1.165) is 5.69 Å². The number of fused-ring (bicyclic) bond motifs is 1. The lowest BCUT2D eigenvalue weighted by Crippen LogP contribution is -2.13. The molecule has 2 aromatic rings. The smallest absolute Gasteiger partial charge is 0.151 e. The summed E-state index contributed by atoms with van der Waals surface area (Å²) in [5, 5.41) is 4.00. The van der Waals surface area contributed by atoms with Gasteiger partial charge in [-0.2, -0.15) is 0 Å². The van der Waals surface area contributed by atoms with Gasteiger partial charge in [-0.1, -0.05) is 23.2 Å². The Bertz CT molecular complexity index is 731. The molecule has 0 unspecified atom stereocenters. The molecule has 0 aliphatic carbocycles. The summed E-state index contributed by atoms with van der Waals surface area (Å²) in [4.78, 5) is 8.67. The van der Waals surface area contributed by atoms with E-state index in [-0.39, 0.29) is 11.7 Å². The van der Waals surface area contributed by atoms with E-state index in [1.165, 1.54) is 18.3 Å². The SMILES string of the molecule is C[C@H]1CNc2ccc(Cl)c(Cl)c2C(c2ncccc2F)=N1. The van der Waals surface area contributed by atoms with Crippen LogP contribution in [0.4, 0.5) is 10.1 Å². The van der Waals surface area contributed by atoms with Gasteiger partial charge in [-0.3, -0.25) is 9.98 Å². The van der Waals surface area contributed by atoms with Gasteiger partial charge in [0.1, 0.15) is 5.69 Å². The first kappa shape index (κ1) is 14.3. The number of aromatic nitrogens is 1. The fourth-order valence-electron chi connectivity index (χ4n) is 2.26. The zero-order valence-electron chi connectivity index (χ0n) is 11.2. The van der Waals surface area contributed by atoms with Crippen LogP contribution >= 0.6 is 23.2 Å². The summed E-state index contributed by atoms with van der Waals surface area (Å²) < 4.78 is 14.1. The second-order valence-corrected chi connectivity index (χ2v) is 5.61. The normalized spacial score (nSPS) is 17.5. The number of benzene rings is 1. The van der Waals surface area contributed by atoms with Crippen LogP contribution in [0.5, 0.6) is 0 Å². The summed E-state index contributed by atoms with van der Waals surface area (Å²) in [6.07, 6.45) is 1.53. The predicted molar refractivity (Wildman–Crippen MR) is 84.2 cm³/mol. The predicted octanol–water partition coefficient (Wildman–Crippen LogP) is 4.18. The van der Waals surface area contributed by atoms with E-state index in [2.05, 4.69) is 15.3 Å². The lowest BCUT2D eigenvalue weighted by Gasteiger charge is -2.13. The maximum atomic E-state index is 14.1. The molecule has 21 heavy (non-hydrogen) atoms. The number of aliphatic imine (C=N–C) groups is 1. The van der Waals surface area contributed by atoms with E-state index >= 15 is 0 Å². The maximum Gasteiger partial charge on any atom is 0.151 e. The van der Waals surface area contributed by atoms with Crippen molar-refractivity contribution in [1.82, 2.24) is 4.98 Å². The molecular formula is C15H12Cl2FN3. The quantitative estimate of drug-likeness (QED) is 0.854. The van der Waals surface area contributed by atoms with Crippen molar-refractivity contribution in [3.05, 3.63) is 57.6 Å². The molecule has 1 aromatic heterocycles. The molecule has 1 atom stereocenters. The third-order valence-corrected chi connectivity index (χ3v) is 4.06. The Morgan fingerprint density at radius 2 is 2.10 bits per heavy atom. The summed E-state index contributed by atoms with van der Waals surface area (Å²) in [5.74, 6) is -0.438. The van der Waals surface area contributed by atoms with Gasteiger partial charge in [-0.15, -0.1) is 0 Å².